The largest absolute Gasteiger partial charge is 0.453 e. The summed E-state index contributed by atoms with van der Waals surface area (Å²) in [5.41, 5.74) is 0.891. The van der Waals surface area contributed by atoms with E-state index in [1.807, 2.05) is 25.1 Å². The molecule has 1 heterocycles. The zero-order chi connectivity index (χ0) is 33.2. The van der Waals surface area contributed by atoms with Crippen LogP contribution in [0.4, 0.5) is 14.4 Å². The van der Waals surface area contributed by atoms with Gasteiger partial charge in [0.1, 0.15) is 0 Å². The first-order valence-corrected chi connectivity index (χ1v) is 20.2. The molecule has 3 atom stereocenters. The maximum Gasteiger partial charge on any atom is 0.409 e. The van der Waals surface area contributed by atoms with Gasteiger partial charge in [0.2, 0.25) is 0 Å². The Morgan fingerprint density at radius 1 is 1.18 bits per heavy atom. The predicted octanol–water partition coefficient (Wildman–Crippen LogP) is 6.16. The quantitative estimate of drug-likeness (QED) is 0.142. The van der Waals surface area contributed by atoms with Gasteiger partial charge in [-0.2, -0.15) is 0 Å². The molecule has 1 aliphatic rings. The van der Waals surface area contributed by atoms with Gasteiger partial charge in [-0.3, -0.25) is 0 Å². The second-order valence-electron chi connectivity index (χ2n) is 12.9. The fraction of sp³-hybridized carbons (Fsp3) is 0.719. The van der Waals surface area contributed by atoms with Crippen molar-refractivity contribution in [3.63, 3.8) is 0 Å². The van der Waals surface area contributed by atoms with Crippen LogP contribution in [0.5, 0.6) is 0 Å². The van der Waals surface area contributed by atoms with Crippen molar-refractivity contribution in [1.29, 1.82) is 0 Å². The smallest absolute Gasteiger partial charge is 0.409 e. The van der Waals surface area contributed by atoms with E-state index in [9.17, 15) is 14.4 Å². The lowest BCUT2D eigenvalue weighted by Gasteiger charge is -2.32. The third kappa shape index (κ3) is 16.0. The SMILES string of the molecule is CCCN(CC[C@@H](OCCNC(=O)OC)c1cccc(Cl)c1)C(=O)N[C@@H](C[C@H]1CCCOC1)CN(C)C(=O)OCC[Si](C)(C)C. The number of carbonyl (C=O) groups excluding carboxylic acids is 3. The summed E-state index contributed by atoms with van der Waals surface area (Å²) in [6.45, 7) is 12.5. The van der Waals surface area contributed by atoms with E-state index in [1.54, 1.807) is 22.9 Å². The zero-order valence-electron chi connectivity index (χ0n) is 28.1. The molecule has 4 amide bonds. The molecule has 1 aromatic carbocycles. The van der Waals surface area contributed by atoms with Gasteiger partial charge in [-0.25, -0.2) is 14.4 Å². The van der Waals surface area contributed by atoms with E-state index >= 15 is 0 Å². The van der Waals surface area contributed by atoms with Crippen LogP contribution in [-0.4, -0.2) is 109 Å². The third-order valence-corrected chi connectivity index (χ3v) is 9.56. The topological polar surface area (TPSA) is 119 Å². The molecular formula is C32H55ClN4O7Si. The molecule has 45 heavy (non-hydrogen) atoms. The van der Waals surface area contributed by atoms with Gasteiger partial charge in [-0.05, 0) is 61.8 Å². The van der Waals surface area contributed by atoms with E-state index in [0.29, 0.717) is 56.6 Å². The van der Waals surface area contributed by atoms with E-state index < -0.39 is 14.2 Å². The van der Waals surface area contributed by atoms with E-state index in [-0.39, 0.29) is 37.4 Å². The lowest BCUT2D eigenvalue weighted by Crippen LogP contribution is -2.51. The Kier molecular flexibility index (Phi) is 17.6. The number of rotatable bonds is 18. The highest BCUT2D eigenvalue weighted by molar-refractivity contribution is 6.76. The van der Waals surface area contributed by atoms with Crippen molar-refractivity contribution in [3.05, 3.63) is 34.9 Å². The maximum absolute atomic E-state index is 13.7. The van der Waals surface area contributed by atoms with E-state index in [4.69, 9.17) is 25.8 Å². The molecule has 0 bridgehead atoms. The van der Waals surface area contributed by atoms with Crippen LogP contribution < -0.4 is 10.6 Å². The number of benzene rings is 1. The molecule has 11 nitrogen and oxygen atoms in total. The fourth-order valence-corrected chi connectivity index (χ4v) is 6.05. The summed E-state index contributed by atoms with van der Waals surface area (Å²) in [5, 5.41) is 6.44. The first kappa shape index (κ1) is 38.6. The number of methoxy groups -OCH3 is 1. The van der Waals surface area contributed by atoms with E-state index in [1.165, 1.54) is 7.11 Å². The van der Waals surface area contributed by atoms with Gasteiger partial charge < -0.3 is 39.4 Å². The number of alkyl carbamates (subject to hydrolysis) is 1. The second-order valence-corrected chi connectivity index (χ2v) is 18.9. The second kappa shape index (κ2) is 20.6. The molecule has 2 N–H and O–H groups in total. The molecule has 1 fully saturated rings. The Morgan fingerprint density at radius 3 is 2.60 bits per heavy atom. The first-order chi connectivity index (χ1) is 21.4. The Morgan fingerprint density at radius 2 is 1.96 bits per heavy atom. The van der Waals surface area contributed by atoms with Crippen LogP contribution in [0.1, 0.15) is 50.7 Å². The van der Waals surface area contributed by atoms with Crippen LogP contribution >= 0.6 is 11.6 Å². The normalized spacial score (nSPS) is 16.3. The average Bonchev–Trinajstić information content (AvgIpc) is 2.99. The van der Waals surface area contributed by atoms with Gasteiger partial charge in [-0.1, -0.05) is 50.3 Å². The monoisotopic (exact) mass is 670 g/mol. The molecule has 0 radical (unpaired) electrons. The molecule has 0 unspecified atom stereocenters. The highest BCUT2D eigenvalue weighted by Crippen LogP contribution is 2.25. The van der Waals surface area contributed by atoms with Crippen LogP contribution in [0.2, 0.25) is 30.7 Å². The number of hydrogen-bond acceptors (Lipinski definition) is 7. The lowest BCUT2D eigenvalue weighted by atomic mass is 9.94. The van der Waals surface area contributed by atoms with Crippen molar-refractivity contribution in [2.75, 3.05) is 66.8 Å². The Hall–Kier alpha value is -2.54. The summed E-state index contributed by atoms with van der Waals surface area (Å²) in [4.78, 5) is 41.3. The van der Waals surface area contributed by atoms with Gasteiger partial charge in [0.05, 0.1) is 26.4 Å². The number of amides is 4. The van der Waals surface area contributed by atoms with Gasteiger partial charge in [0.15, 0.2) is 0 Å². The third-order valence-electron chi connectivity index (χ3n) is 7.62. The number of halogens is 1. The van der Waals surface area contributed by atoms with Crippen LogP contribution in [0.25, 0.3) is 0 Å². The standard InChI is InChI=1S/C32H55ClN4O7Si/c1-7-15-37(16-13-29(26-11-8-12-27(33)22-26)43-18-14-34-31(39)41-3)30(38)35-28(21-25-10-9-17-42-24-25)23-36(2)32(40)44-19-20-45(4,5)6/h8,11-12,22,25,28-29H,7,9-10,13-21,23-24H2,1-6H3,(H,34,39)(H,35,38)/t25-,28+,29-/m1/s1. The number of nitrogens with zero attached hydrogens (tertiary/aromatic N) is 2. The van der Waals surface area contributed by atoms with Crippen LogP contribution in [0.3, 0.4) is 0 Å². The summed E-state index contributed by atoms with van der Waals surface area (Å²) in [5.74, 6) is 0.305. The molecule has 256 valence electrons. The van der Waals surface area contributed by atoms with Gasteiger partial charge >= 0.3 is 18.2 Å². The summed E-state index contributed by atoms with van der Waals surface area (Å²) in [6, 6.07) is 7.91. The minimum Gasteiger partial charge on any atom is -0.453 e. The Labute approximate surface area is 275 Å². The number of carbonyl (C=O) groups is 3. The molecule has 0 saturated carbocycles. The molecule has 13 heteroatoms. The van der Waals surface area contributed by atoms with Crippen molar-refractivity contribution < 1.29 is 33.3 Å². The Bertz CT molecular complexity index is 1040. The molecule has 1 saturated heterocycles. The molecular weight excluding hydrogens is 616 g/mol. The van der Waals surface area contributed by atoms with Crippen molar-refractivity contribution in [2.45, 2.75) is 76.9 Å². The predicted molar refractivity (Wildman–Crippen MR) is 180 cm³/mol. The summed E-state index contributed by atoms with van der Waals surface area (Å²) >= 11 is 6.27. The van der Waals surface area contributed by atoms with Crippen LogP contribution in [0, 0.1) is 5.92 Å². The molecule has 1 aromatic rings. The number of nitrogens with one attached hydrogen (secondary N) is 2. The molecule has 0 spiro atoms. The minimum atomic E-state index is -1.33. The number of likely N-dealkylation sites (N-methyl/N-ethyl adjacent to an activating group) is 1. The zero-order valence-corrected chi connectivity index (χ0v) is 29.8. The highest BCUT2D eigenvalue weighted by atomic mass is 35.5. The first-order valence-electron chi connectivity index (χ1n) is 16.1. The lowest BCUT2D eigenvalue weighted by molar-refractivity contribution is 0.0411. The number of ether oxygens (including phenoxy) is 4. The maximum atomic E-state index is 13.7. The van der Waals surface area contributed by atoms with Crippen molar-refractivity contribution in [2.24, 2.45) is 5.92 Å². The molecule has 0 aliphatic carbocycles. The minimum absolute atomic E-state index is 0.184. The van der Waals surface area contributed by atoms with E-state index in [2.05, 4.69) is 35.0 Å². The van der Waals surface area contributed by atoms with E-state index in [0.717, 1.165) is 37.5 Å². The van der Waals surface area contributed by atoms with Crippen LogP contribution in [-0.2, 0) is 18.9 Å². The molecule has 2 rings (SSSR count). The summed E-state index contributed by atoms with van der Waals surface area (Å²) in [6.07, 6.45) is 2.78. The van der Waals surface area contributed by atoms with Crippen molar-refractivity contribution in [1.82, 2.24) is 20.4 Å². The highest BCUT2D eigenvalue weighted by Gasteiger charge is 2.27. The molecule has 1 aliphatic heterocycles. The number of hydrogen-bond donors (Lipinski definition) is 2. The van der Waals surface area contributed by atoms with Gasteiger partial charge in [0.25, 0.3) is 0 Å². The number of urea groups is 1. The van der Waals surface area contributed by atoms with Gasteiger partial charge in [-0.15, -0.1) is 0 Å². The summed E-state index contributed by atoms with van der Waals surface area (Å²) in [7, 11) is 1.70. The van der Waals surface area contributed by atoms with Crippen molar-refractivity contribution >= 4 is 37.9 Å². The molecule has 0 aromatic heterocycles. The van der Waals surface area contributed by atoms with Crippen LogP contribution in [0.15, 0.2) is 24.3 Å². The summed E-state index contributed by atoms with van der Waals surface area (Å²) < 4.78 is 22.0. The van der Waals surface area contributed by atoms with Gasteiger partial charge in [0, 0.05) is 65.6 Å². The average molecular weight is 671 g/mol. The van der Waals surface area contributed by atoms with Crippen molar-refractivity contribution in [3.8, 4) is 0 Å². The fourth-order valence-electron chi connectivity index (χ4n) is 5.14. The Balaban J connectivity index is 2.08.